The van der Waals surface area contributed by atoms with Gasteiger partial charge in [0.15, 0.2) is 0 Å². The molecule has 1 amide bonds. The van der Waals surface area contributed by atoms with Gasteiger partial charge >= 0.3 is 0 Å². The van der Waals surface area contributed by atoms with Crippen LogP contribution >= 0.6 is 0 Å². The number of aliphatic hydroxyl groups is 1. The Bertz CT molecular complexity index is 1020. The van der Waals surface area contributed by atoms with Crippen LogP contribution in [0.2, 0.25) is 0 Å². The Morgan fingerprint density at radius 1 is 1.11 bits per heavy atom. The van der Waals surface area contributed by atoms with Gasteiger partial charge in [-0.15, -0.1) is 0 Å². The van der Waals surface area contributed by atoms with Gasteiger partial charge in [-0.25, -0.2) is 4.98 Å². The molecule has 0 aromatic carbocycles. The van der Waals surface area contributed by atoms with E-state index in [1.807, 2.05) is 4.57 Å². The van der Waals surface area contributed by atoms with Crippen LogP contribution in [0.25, 0.3) is 11.0 Å². The Morgan fingerprint density at radius 2 is 1.85 bits per heavy atom. The van der Waals surface area contributed by atoms with Gasteiger partial charge in [0.1, 0.15) is 11.2 Å². The lowest BCUT2D eigenvalue weighted by molar-refractivity contribution is 0.102. The number of nitrogens with one attached hydrogen (secondary N) is 1. The highest BCUT2D eigenvalue weighted by molar-refractivity contribution is 6.05. The first-order chi connectivity index (χ1) is 13.1. The van der Waals surface area contributed by atoms with Gasteiger partial charge in [-0.05, 0) is 49.9 Å². The number of aliphatic hydroxyl groups excluding tert-OH is 1. The lowest BCUT2D eigenvalue weighted by atomic mass is 9.92. The summed E-state index contributed by atoms with van der Waals surface area (Å²) < 4.78 is 1.92. The smallest absolute Gasteiger partial charge is 0.261 e. The third-order valence-corrected chi connectivity index (χ3v) is 5.03. The number of aromatic nitrogens is 3. The molecule has 1 saturated carbocycles. The molecule has 4 rings (SSSR count). The Morgan fingerprint density at radius 3 is 2.59 bits per heavy atom. The molecule has 0 saturated heterocycles. The molecule has 0 spiro atoms. The second-order valence-corrected chi connectivity index (χ2v) is 6.81. The monoisotopic (exact) mass is 364 g/mol. The van der Waals surface area contributed by atoms with Gasteiger partial charge in [-0.1, -0.05) is 0 Å². The summed E-state index contributed by atoms with van der Waals surface area (Å²) in [5.41, 5.74) is 0.896. The minimum atomic E-state index is -0.457. The van der Waals surface area contributed by atoms with Crippen molar-refractivity contribution >= 4 is 22.6 Å². The van der Waals surface area contributed by atoms with E-state index in [0.717, 1.165) is 12.8 Å². The summed E-state index contributed by atoms with van der Waals surface area (Å²) >= 11 is 0. The first kappa shape index (κ1) is 17.4. The van der Waals surface area contributed by atoms with E-state index in [-0.39, 0.29) is 23.1 Å². The van der Waals surface area contributed by atoms with Gasteiger partial charge in [0, 0.05) is 36.5 Å². The topological polar surface area (TPSA) is 97.1 Å². The molecule has 0 bridgehead atoms. The van der Waals surface area contributed by atoms with Gasteiger partial charge in [0.05, 0.1) is 11.5 Å². The van der Waals surface area contributed by atoms with E-state index in [9.17, 15) is 14.7 Å². The normalized spacial score (nSPS) is 19.7. The number of amides is 1. The maximum Gasteiger partial charge on any atom is 0.261 e. The predicted molar refractivity (Wildman–Crippen MR) is 102 cm³/mol. The minimum absolute atomic E-state index is 0.0819. The summed E-state index contributed by atoms with van der Waals surface area (Å²) in [5.74, 6) is -0.457. The van der Waals surface area contributed by atoms with Crippen LogP contribution < -0.4 is 10.7 Å². The molecule has 0 unspecified atom stereocenters. The van der Waals surface area contributed by atoms with Crippen LogP contribution in [0.1, 0.15) is 42.1 Å². The van der Waals surface area contributed by atoms with Gasteiger partial charge < -0.3 is 15.0 Å². The van der Waals surface area contributed by atoms with E-state index in [2.05, 4.69) is 15.3 Å². The maximum atomic E-state index is 12.9. The van der Waals surface area contributed by atoms with Crippen LogP contribution in [0.4, 0.5) is 5.69 Å². The number of anilines is 1. The molecule has 138 valence electrons. The summed E-state index contributed by atoms with van der Waals surface area (Å²) in [7, 11) is 0. The average Bonchev–Trinajstić information content (AvgIpc) is 2.70. The molecule has 3 aromatic heterocycles. The molecule has 0 aliphatic heterocycles. The molecule has 1 fully saturated rings. The predicted octanol–water partition coefficient (Wildman–Crippen LogP) is 2.52. The Labute approximate surface area is 155 Å². The lowest BCUT2D eigenvalue weighted by Gasteiger charge is -2.28. The first-order valence-electron chi connectivity index (χ1n) is 9.03. The second kappa shape index (κ2) is 7.28. The number of nitrogens with zero attached hydrogens (tertiary/aromatic N) is 3. The van der Waals surface area contributed by atoms with E-state index in [0.29, 0.717) is 29.6 Å². The van der Waals surface area contributed by atoms with E-state index < -0.39 is 5.91 Å². The quantitative estimate of drug-likeness (QED) is 0.744. The SMILES string of the molecule is O=C(Nc1ccncc1)c1cn(C2CCC(O)CC2)c2ncccc2c1=O. The van der Waals surface area contributed by atoms with Crippen molar-refractivity contribution < 1.29 is 9.90 Å². The average molecular weight is 364 g/mol. The fraction of sp³-hybridized carbons (Fsp3) is 0.300. The Hall–Kier alpha value is -3.06. The third kappa shape index (κ3) is 3.46. The molecule has 3 heterocycles. The van der Waals surface area contributed by atoms with Crippen molar-refractivity contribution in [3.8, 4) is 0 Å². The van der Waals surface area contributed by atoms with E-state index in [1.54, 1.807) is 49.1 Å². The van der Waals surface area contributed by atoms with Crippen molar-refractivity contribution in [1.29, 1.82) is 0 Å². The number of pyridine rings is 3. The van der Waals surface area contributed by atoms with E-state index >= 15 is 0 Å². The summed E-state index contributed by atoms with van der Waals surface area (Å²) in [6.07, 6.45) is 9.07. The van der Waals surface area contributed by atoms with Crippen molar-refractivity contribution in [2.75, 3.05) is 5.32 Å². The highest BCUT2D eigenvalue weighted by atomic mass is 16.3. The Balaban J connectivity index is 1.78. The highest BCUT2D eigenvalue weighted by Gasteiger charge is 2.24. The third-order valence-electron chi connectivity index (χ3n) is 5.03. The van der Waals surface area contributed by atoms with Crippen LogP contribution in [0.3, 0.4) is 0 Å². The van der Waals surface area contributed by atoms with E-state index in [1.165, 1.54) is 0 Å². The first-order valence-corrected chi connectivity index (χ1v) is 9.03. The lowest BCUT2D eigenvalue weighted by Crippen LogP contribution is -2.27. The summed E-state index contributed by atoms with van der Waals surface area (Å²) in [5, 5.41) is 13.0. The van der Waals surface area contributed by atoms with Gasteiger partial charge in [-0.2, -0.15) is 0 Å². The van der Waals surface area contributed by atoms with Gasteiger partial charge in [-0.3, -0.25) is 14.6 Å². The van der Waals surface area contributed by atoms with Crippen molar-refractivity contribution in [1.82, 2.24) is 14.5 Å². The van der Waals surface area contributed by atoms with Gasteiger partial charge in [0.2, 0.25) is 5.43 Å². The van der Waals surface area contributed by atoms with Crippen LogP contribution in [0, 0.1) is 0 Å². The zero-order valence-corrected chi connectivity index (χ0v) is 14.7. The summed E-state index contributed by atoms with van der Waals surface area (Å²) in [4.78, 5) is 33.9. The molecule has 7 heteroatoms. The maximum absolute atomic E-state index is 12.9. The molecule has 2 N–H and O–H groups in total. The molecule has 27 heavy (non-hydrogen) atoms. The molecule has 1 aliphatic carbocycles. The molecule has 0 atom stereocenters. The number of rotatable bonds is 3. The highest BCUT2D eigenvalue weighted by Crippen LogP contribution is 2.30. The molecule has 1 aliphatic rings. The van der Waals surface area contributed by atoms with Crippen molar-refractivity contribution in [3.63, 3.8) is 0 Å². The minimum Gasteiger partial charge on any atom is -0.393 e. The van der Waals surface area contributed by atoms with Crippen LogP contribution in [0.15, 0.2) is 53.8 Å². The summed E-state index contributed by atoms with van der Waals surface area (Å²) in [6.45, 7) is 0. The number of hydrogen-bond donors (Lipinski definition) is 2. The number of carbonyl (C=O) groups is 1. The second-order valence-electron chi connectivity index (χ2n) is 6.81. The molecular weight excluding hydrogens is 344 g/mol. The summed E-state index contributed by atoms with van der Waals surface area (Å²) in [6, 6.07) is 6.83. The van der Waals surface area contributed by atoms with E-state index in [4.69, 9.17) is 0 Å². The zero-order valence-electron chi connectivity index (χ0n) is 14.7. The van der Waals surface area contributed by atoms with Crippen LogP contribution in [-0.4, -0.2) is 31.7 Å². The molecular formula is C20H20N4O3. The number of carbonyl (C=O) groups excluding carboxylic acids is 1. The number of fused-ring (bicyclic) bond motifs is 1. The fourth-order valence-electron chi connectivity index (χ4n) is 3.59. The van der Waals surface area contributed by atoms with Crippen molar-refractivity contribution in [2.24, 2.45) is 0 Å². The zero-order chi connectivity index (χ0) is 18.8. The fourth-order valence-corrected chi connectivity index (χ4v) is 3.59. The largest absolute Gasteiger partial charge is 0.393 e. The Kier molecular flexibility index (Phi) is 4.68. The van der Waals surface area contributed by atoms with Crippen molar-refractivity contribution in [2.45, 2.75) is 37.8 Å². The van der Waals surface area contributed by atoms with Crippen molar-refractivity contribution in [3.05, 3.63) is 64.8 Å². The molecule has 0 radical (unpaired) electrons. The number of hydrogen-bond acceptors (Lipinski definition) is 5. The van der Waals surface area contributed by atoms with Gasteiger partial charge in [0.25, 0.3) is 5.91 Å². The molecule has 7 nitrogen and oxygen atoms in total. The molecule has 3 aromatic rings. The standard InChI is InChI=1S/C20H20N4O3/c25-15-5-3-14(4-6-15)24-12-17(18(26)16-2-1-9-22-19(16)24)20(27)23-13-7-10-21-11-8-13/h1-2,7-12,14-15,25H,3-6H2,(H,21,23,27). The van der Waals surface area contributed by atoms with Crippen LogP contribution in [0.5, 0.6) is 0 Å². The van der Waals surface area contributed by atoms with Crippen LogP contribution in [-0.2, 0) is 0 Å².